The van der Waals surface area contributed by atoms with Gasteiger partial charge in [-0.25, -0.2) is 0 Å². The Morgan fingerprint density at radius 2 is 1.87 bits per heavy atom. The van der Waals surface area contributed by atoms with Gasteiger partial charge < -0.3 is 15.0 Å². The quantitative estimate of drug-likeness (QED) is 0.880. The molecule has 0 radical (unpaired) electrons. The van der Waals surface area contributed by atoms with E-state index in [-0.39, 0.29) is 11.9 Å². The van der Waals surface area contributed by atoms with Crippen LogP contribution >= 0.6 is 0 Å². The summed E-state index contributed by atoms with van der Waals surface area (Å²) in [6.07, 6.45) is 0. The van der Waals surface area contributed by atoms with E-state index in [0.29, 0.717) is 6.54 Å². The van der Waals surface area contributed by atoms with Crippen LogP contribution in [0.4, 0.5) is 11.4 Å². The molecule has 0 bridgehead atoms. The summed E-state index contributed by atoms with van der Waals surface area (Å²) in [6, 6.07) is 15.8. The Labute approximate surface area is 138 Å². The Morgan fingerprint density at radius 3 is 2.48 bits per heavy atom. The topological polar surface area (TPSA) is 41.6 Å². The molecule has 1 N–H and O–H groups in total. The second kappa shape index (κ2) is 7.68. The van der Waals surface area contributed by atoms with Gasteiger partial charge in [0.15, 0.2) is 0 Å². The number of hydrogen-bond donors (Lipinski definition) is 1. The summed E-state index contributed by atoms with van der Waals surface area (Å²) in [6.45, 7) is 6.52. The molecule has 0 atom stereocenters. The summed E-state index contributed by atoms with van der Waals surface area (Å²) in [5, 5.41) is 2.92. The van der Waals surface area contributed by atoms with Gasteiger partial charge in [-0.05, 0) is 45.0 Å². The van der Waals surface area contributed by atoms with Gasteiger partial charge in [-0.3, -0.25) is 4.79 Å². The lowest BCUT2D eigenvalue weighted by molar-refractivity contribution is -0.115. The minimum absolute atomic E-state index is 0.0486. The minimum atomic E-state index is -0.0486. The Hall–Kier alpha value is -2.49. The number of nitrogens with one attached hydrogen (secondary N) is 1. The van der Waals surface area contributed by atoms with Crippen LogP contribution in [-0.4, -0.2) is 25.6 Å². The molecule has 4 heteroatoms. The first-order valence-corrected chi connectivity index (χ1v) is 7.77. The van der Waals surface area contributed by atoms with Gasteiger partial charge in [-0.1, -0.05) is 23.8 Å². The Kier molecular flexibility index (Phi) is 5.63. The molecular formula is C19H24N2O2. The molecule has 2 aromatic rings. The average molecular weight is 312 g/mol. The van der Waals surface area contributed by atoms with Crippen LogP contribution in [0.5, 0.6) is 5.75 Å². The van der Waals surface area contributed by atoms with Crippen molar-refractivity contribution < 1.29 is 9.53 Å². The molecule has 2 aromatic carbocycles. The first-order valence-electron chi connectivity index (χ1n) is 7.77. The summed E-state index contributed by atoms with van der Waals surface area (Å²) in [7, 11) is 1.61. The lowest BCUT2D eigenvalue weighted by Crippen LogP contribution is -2.38. The minimum Gasteiger partial charge on any atom is -0.497 e. The van der Waals surface area contributed by atoms with Gasteiger partial charge in [-0.15, -0.1) is 0 Å². The van der Waals surface area contributed by atoms with E-state index in [1.54, 1.807) is 7.11 Å². The lowest BCUT2D eigenvalue weighted by atomic mass is 10.2. The van der Waals surface area contributed by atoms with Crippen LogP contribution in [0.3, 0.4) is 0 Å². The van der Waals surface area contributed by atoms with E-state index in [4.69, 9.17) is 4.74 Å². The molecule has 0 saturated heterocycles. The third kappa shape index (κ3) is 4.74. The van der Waals surface area contributed by atoms with E-state index < -0.39 is 0 Å². The van der Waals surface area contributed by atoms with Crippen molar-refractivity contribution in [1.29, 1.82) is 0 Å². The summed E-state index contributed by atoms with van der Waals surface area (Å²) in [4.78, 5) is 14.5. The van der Waals surface area contributed by atoms with Crippen molar-refractivity contribution in [3.63, 3.8) is 0 Å². The predicted octanol–water partition coefficient (Wildman–Crippen LogP) is 3.86. The molecule has 23 heavy (non-hydrogen) atoms. The van der Waals surface area contributed by atoms with Gasteiger partial charge in [0.25, 0.3) is 0 Å². The standard InChI is InChI=1S/C19H24N2O2/c1-14(2)21(17-10-8-15(3)9-11-17)13-19(22)20-16-6-5-7-18(12-16)23-4/h5-12,14H,13H2,1-4H3,(H,20,22). The van der Waals surface area contributed by atoms with E-state index in [2.05, 4.69) is 43.1 Å². The molecule has 0 aliphatic heterocycles. The van der Waals surface area contributed by atoms with Crippen LogP contribution in [-0.2, 0) is 4.79 Å². The SMILES string of the molecule is COc1cccc(NC(=O)CN(c2ccc(C)cc2)C(C)C)c1. The van der Waals surface area contributed by atoms with E-state index in [9.17, 15) is 4.79 Å². The number of anilines is 2. The number of nitrogens with zero attached hydrogens (tertiary/aromatic N) is 1. The molecule has 0 spiro atoms. The molecule has 122 valence electrons. The molecule has 0 saturated carbocycles. The van der Waals surface area contributed by atoms with Gasteiger partial charge in [-0.2, -0.15) is 0 Å². The molecule has 0 heterocycles. The fraction of sp³-hybridized carbons (Fsp3) is 0.316. The van der Waals surface area contributed by atoms with Crippen molar-refractivity contribution in [3.05, 3.63) is 54.1 Å². The van der Waals surface area contributed by atoms with Crippen LogP contribution < -0.4 is 15.0 Å². The van der Waals surface area contributed by atoms with Gasteiger partial charge in [0.2, 0.25) is 5.91 Å². The first kappa shape index (κ1) is 16.9. The first-order chi connectivity index (χ1) is 11.0. The lowest BCUT2D eigenvalue weighted by Gasteiger charge is -2.28. The Morgan fingerprint density at radius 1 is 1.17 bits per heavy atom. The third-order valence-electron chi connectivity index (χ3n) is 3.66. The highest BCUT2D eigenvalue weighted by atomic mass is 16.5. The summed E-state index contributed by atoms with van der Waals surface area (Å²) < 4.78 is 5.17. The molecular weight excluding hydrogens is 288 g/mol. The number of aryl methyl sites for hydroxylation is 1. The highest BCUT2D eigenvalue weighted by Crippen LogP contribution is 2.19. The number of hydrogen-bond acceptors (Lipinski definition) is 3. The van der Waals surface area contributed by atoms with Crippen molar-refractivity contribution in [1.82, 2.24) is 0 Å². The number of benzene rings is 2. The van der Waals surface area contributed by atoms with E-state index in [1.807, 2.05) is 36.4 Å². The Balaban J connectivity index is 2.07. The average Bonchev–Trinajstić information content (AvgIpc) is 2.53. The zero-order valence-corrected chi connectivity index (χ0v) is 14.2. The largest absolute Gasteiger partial charge is 0.497 e. The number of amides is 1. The molecule has 0 fully saturated rings. The highest BCUT2D eigenvalue weighted by Gasteiger charge is 2.15. The van der Waals surface area contributed by atoms with Gasteiger partial charge in [0.1, 0.15) is 5.75 Å². The normalized spacial score (nSPS) is 10.5. The number of methoxy groups -OCH3 is 1. The van der Waals surface area contributed by atoms with Gasteiger partial charge >= 0.3 is 0 Å². The van der Waals surface area contributed by atoms with Crippen molar-refractivity contribution in [2.45, 2.75) is 26.8 Å². The maximum absolute atomic E-state index is 12.4. The summed E-state index contributed by atoms with van der Waals surface area (Å²) in [5.41, 5.74) is 2.99. The summed E-state index contributed by atoms with van der Waals surface area (Å²) >= 11 is 0. The van der Waals surface area contributed by atoms with E-state index >= 15 is 0 Å². The third-order valence-corrected chi connectivity index (χ3v) is 3.66. The molecule has 2 rings (SSSR count). The smallest absolute Gasteiger partial charge is 0.243 e. The number of carbonyl (C=O) groups excluding carboxylic acids is 1. The molecule has 0 aliphatic rings. The molecule has 0 aromatic heterocycles. The van der Waals surface area contributed by atoms with Crippen LogP contribution in [0.2, 0.25) is 0 Å². The number of ether oxygens (including phenoxy) is 1. The van der Waals surface area contributed by atoms with Crippen LogP contribution in [0.1, 0.15) is 19.4 Å². The summed E-state index contributed by atoms with van der Waals surface area (Å²) in [5.74, 6) is 0.676. The maximum Gasteiger partial charge on any atom is 0.243 e. The molecule has 1 amide bonds. The predicted molar refractivity (Wildman–Crippen MR) is 95.3 cm³/mol. The highest BCUT2D eigenvalue weighted by molar-refractivity contribution is 5.94. The molecule has 0 unspecified atom stereocenters. The van der Waals surface area contributed by atoms with Crippen LogP contribution in [0.25, 0.3) is 0 Å². The number of carbonyl (C=O) groups is 1. The van der Waals surface area contributed by atoms with Crippen LogP contribution in [0.15, 0.2) is 48.5 Å². The molecule has 4 nitrogen and oxygen atoms in total. The van der Waals surface area contributed by atoms with Crippen molar-refractivity contribution in [3.8, 4) is 5.75 Å². The monoisotopic (exact) mass is 312 g/mol. The van der Waals surface area contributed by atoms with Crippen molar-refractivity contribution in [2.75, 3.05) is 23.9 Å². The van der Waals surface area contributed by atoms with E-state index in [1.165, 1.54) is 5.56 Å². The van der Waals surface area contributed by atoms with Crippen LogP contribution in [0, 0.1) is 6.92 Å². The fourth-order valence-corrected chi connectivity index (χ4v) is 2.36. The zero-order chi connectivity index (χ0) is 16.8. The maximum atomic E-state index is 12.4. The molecule has 0 aliphatic carbocycles. The zero-order valence-electron chi connectivity index (χ0n) is 14.2. The van der Waals surface area contributed by atoms with Gasteiger partial charge in [0, 0.05) is 23.5 Å². The van der Waals surface area contributed by atoms with E-state index in [0.717, 1.165) is 17.1 Å². The number of rotatable bonds is 6. The fourth-order valence-electron chi connectivity index (χ4n) is 2.36. The second-order valence-corrected chi connectivity index (χ2v) is 5.84. The Bertz CT molecular complexity index is 651. The van der Waals surface area contributed by atoms with Crippen molar-refractivity contribution >= 4 is 17.3 Å². The van der Waals surface area contributed by atoms with Gasteiger partial charge in [0.05, 0.1) is 13.7 Å². The second-order valence-electron chi connectivity index (χ2n) is 5.84. The van der Waals surface area contributed by atoms with Crippen molar-refractivity contribution in [2.24, 2.45) is 0 Å².